The molecule has 126 valence electrons. The second kappa shape index (κ2) is 6.24. The van der Waals surface area contributed by atoms with Crippen molar-refractivity contribution in [2.24, 2.45) is 5.92 Å². The zero-order chi connectivity index (χ0) is 16.6. The monoisotopic (exact) mass is 357 g/mol. The van der Waals surface area contributed by atoms with Gasteiger partial charge in [0.25, 0.3) is 0 Å². The molecule has 1 atom stereocenters. The van der Waals surface area contributed by atoms with E-state index in [0.717, 1.165) is 29.7 Å². The summed E-state index contributed by atoms with van der Waals surface area (Å²) in [5.41, 5.74) is 1.46. The van der Waals surface area contributed by atoms with Crippen molar-refractivity contribution >= 4 is 38.1 Å². The third-order valence-corrected chi connectivity index (χ3v) is 7.41. The first-order valence-corrected chi connectivity index (χ1v) is 10.3. The van der Waals surface area contributed by atoms with Crippen molar-refractivity contribution in [1.29, 1.82) is 0 Å². The van der Waals surface area contributed by atoms with Crippen LogP contribution in [-0.2, 0) is 32.2 Å². The number of carbonyl (C=O) groups excluding carboxylic acids is 2. The lowest BCUT2D eigenvalue weighted by molar-refractivity contribution is -0.116. The number of rotatable bonds is 4. The van der Waals surface area contributed by atoms with Crippen LogP contribution in [0.2, 0.25) is 0 Å². The minimum absolute atomic E-state index is 0.0746. The predicted molar refractivity (Wildman–Crippen MR) is 87.7 cm³/mol. The van der Waals surface area contributed by atoms with E-state index in [1.165, 1.54) is 18.4 Å². The van der Waals surface area contributed by atoms with Gasteiger partial charge in [-0.2, -0.15) is 0 Å². The van der Waals surface area contributed by atoms with Gasteiger partial charge in [-0.15, -0.1) is 11.3 Å². The van der Waals surface area contributed by atoms with Crippen LogP contribution >= 0.6 is 11.3 Å². The average molecular weight is 357 g/mol. The van der Waals surface area contributed by atoms with Crippen LogP contribution in [0, 0.1) is 5.92 Å². The van der Waals surface area contributed by atoms with Crippen LogP contribution in [-0.4, -0.2) is 38.9 Å². The molecule has 0 spiro atoms. The number of methoxy groups -OCH3 is 1. The average Bonchev–Trinajstić information content (AvgIpc) is 3.12. The Hall–Kier alpha value is -1.41. The molecule has 0 unspecified atom stereocenters. The van der Waals surface area contributed by atoms with Crippen LogP contribution in [0.25, 0.3) is 0 Å². The molecule has 1 aromatic rings. The van der Waals surface area contributed by atoms with Gasteiger partial charge in [-0.3, -0.25) is 4.79 Å². The maximum atomic E-state index is 12.2. The van der Waals surface area contributed by atoms with Crippen LogP contribution < -0.4 is 5.32 Å². The Morgan fingerprint density at radius 3 is 2.78 bits per heavy atom. The summed E-state index contributed by atoms with van der Waals surface area (Å²) in [5, 5.41) is 3.33. The number of sulfone groups is 1. The number of carbonyl (C=O) groups is 2. The summed E-state index contributed by atoms with van der Waals surface area (Å²) in [7, 11) is -1.66. The van der Waals surface area contributed by atoms with Gasteiger partial charge in [0.15, 0.2) is 9.84 Å². The SMILES string of the molecule is COC(=O)c1c(NC(=O)C[C@@H]2CCS(=O)(=O)C2)sc2c1CCC2. The van der Waals surface area contributed by atoms with Gasteiger partial charge in [0.1, 0.15) is 5.00 Å². The fourth-order valence-corrected chi connectivity index (χ4v) is 6.44. The summed E-state index contributed by atoms with van der Waals surface area (Å²) in [6.45, 7) is 0. The first kappa shape index (κ1) is 16.4. The van der Waals surface area contributed by atoms with Gasteiger partial charge in [-0.25, -0.2) is 13.2 Å². The third kappa shape index (κ3) is 3.42. The molecular weight excluding hydrogens is 338 g/mol. The molecule has 1 saturated heterocycles. The van der Waals surface area contributed by atoms with E-state index in [0.29, 0.717) is 17.0 Å². The van der Waals surface area contributed by atoms with E-state index in [4.69, 9.17) is 4.74 Å². The molecular formula is C15H19NO5S2. The van der Waals surface area contributed by atoms with E-state index in [-0.39, 0.29) is 29.8 Å². The standard InChI is InChI=1S/C15H19NO5S2/c1-21-15(18)13-10-3-2-4-11(10)22-14(13)16-12(17)7-9-5-6-23(19,20)8-9/h9H,2-8H2,1H3,(H,16,17)/t9-/m0/s1. The molecule has 1 amide bonds. The molecule has 2 heterocycles. The van der Waals surface area contributed by atoms with Crippen LogP contribution in [0.4, 0.5) is 5.00 Å². The minimum atomic E-state index is -2.99. The highest BCUT2D eigenvalue weighted by molar-refractivity contribution is 7.91. The van der Waals surface area contributed by atoms with Crippen LogP contribution in [0.1, 0.15) is 40.1 Å². The summed E-state index contributed by atoms with van der Waals surface area (Å²) in [6.07, 6.45) is 3.45. The van der Waals surface area contributed by atoms with E-state index in [9.17, 15) is 18.0 Å². The van der Waals surface area contributed by atoms with Gasteiger partial charge in [0.2, 0.25) is 5.91 Å². The third-order valence-electron chi connectivity index (χ3n) is 4.36. The van der Waals surface area contributed by atoms with E-state index < -0.39 is 15.8 Å². The first-order chi connectivity index (χ1) is 10.9. The molecule has 8 heteroatoms. The van der Waals surface area contributed by atoms with E-state index in [1.807, 2.05) is 0 Å². The maximum Gasteiger partial charge on any atom is 0.341 e. The molecule has 1 aromatic heterocycles. The summed E-state index contributed by atoms with van der Waals surface area (Å²) in [5.74, 6) is -0.564. The highest BCUT2D eigenvalue weighted by Crippen LogP contribution is 2.39. The first-order valence-electron chi connectivity index (χ1n) is 7.62. The Kier molecular flexibility index (Phi) is 4.46. The molecule has 0 aromatic carbocycles. The number of ether oxygens (including phenoxy) is 1. The van der Waals surface area contributed by atoms with E-state index in [1.54, 1.807) is 0 Å². The van der Waals surface area contributed by atoms with Gasteiger partial charge in [-0.05, 0) is 37.2 Å². The number of hydrogen-bond donors (Lipinski definition) is 1. The second-order valence-electron chi connectivity index (χ2n) is 6.07. The predicted octanol–water partition coefficient (Wildman–Crippen LogP) is 1.79. The van der Waals surface area contributed by atoms with Crippen molar-refractivity contribution in [3.05, 3.63) is 16.0 Å². The molecule has 0 bridgehead atoms. The van der Waals surface area contributed by atoms with Crippen molar-refractivity contribution in [3.8, 4) is 0 Å². The Morgan fingerprint density at radius 2 is 2.13 bits per heavy atom. The summed E-state index contributed by atoms with van der Waals surface area (Å²) in [4.78, 5) is 25.4. The lowest BCUT2D eigenvalue weighted by atomic mass is 10.0. The van der Waals surface area contributed by atoms with Crippen LogP contribution in [0.5, 0.6) is 0 Å². The van der Waals surface area contributed by atoms with Gasteiger partial charge in [-0.1, -0.05) is 0 Å². The van der Waals surface area contributed by atoms with Crippen LogP contribution in [0.15, 0.2) is 0 Å². The lowest BCUT2D eigenvalue weighted by Gasteiger charge is -2.09. The molecule has 6 nitrogen and oxygen atoms in total. The number of nitrogens with one attached hydrogen (secondary N) is 1. The Bertz CT molecular complexity index is 750. The summed E-state index contributed by atoms with van der Waals surface area (Å²) in [6, 6.07) is 0. The number of thiophene rings is 1. The fraction of sp³-hybridized carbons (Fsp3) is 0.600. The normalized spacial score (nSPS) is 21.9. The highest BCUT2D eigenvalue weighted by Gasteiger charge is 2.31. The zero-order valence-corrected chi connectivity index (χ0v) is 14.5. The van der Waals surface area contributed by atoms with Gasteiger partial charge < -0.3 is 10.1 Å². The lowest BCUT2D eigenvalue weighted by Crippen LogP contribution is -2.18. The van der Waals surface area contributed by atoms with Crippen molar-refractivity contribution < 1.29 is 22.7 Å². The Balaban J connectivity index is 1.73. The number of fused-ring (bicyclic) bond motifs is 1. The molecule has 0 radical (unpaired) electrons. The molecule has 1 aliphatic heterocycles. The van der Waals surface area contributed by atoms with Crippen molar-refractivity contribution in [2.45, 2.75) is 32.1 Å². The van der Waals surface area contributed by atoms with Crippen molar-refractivity contribution in [2.75, 3.05) is 23.9 Å². The molecule has 1 fully saturated rings. The molecule has 23 heavy (non-hydrogen) atoms. The molecule has 1 N–H and O–H groups in total. The smallest absolute Gasteiger partial charge is 0.341 e. The second-order valence-corrected chi connectivity index (χ2v) is 9.41. The fourth-order valence-electron chi connectivity index (χ4n) is 3.28. The number of esters is 1. The number of aryl methyl sites for hydroxylation is 1. The van der Waals surface area contributed by atoms with Crippen molar-refractivity contribution in [3.63, 3.8) is 0 Å². The molecule has 1 aliphatic carbocycles. The largest absolute Gasteiger partial charge is 0.465 e. The topological polar surface area (TPSA) is 89.5 Å². The Labute approximate surface area is 139 Å². The maximum absolute atomic E-state index is 12.2. The summed E-state index contributed by atoms with van der Waals surface area (Å²) < 4.78 is 27.8. The molecule has 2 aliphatic rings. The van der Waals surface area contributed by atoms with Crippen LogP contribution in [0.3, 0.4) is 0 Å². The minimum Gasteiger partial charge on any atom is -0.465 e. The molecule has 0 saturated carbocycles. The van der Waals surface area contributed by atoms with Crippen molar-refractivity contribution in [1.82, 2.24) is 0 Å². The number of hydrogen-bond acceptors (Lipinski definition) is 6. The quantitative estimate of drug-likeness (QED) is 0.830. The van der Waals surface area contributed by atoms with Gasteiger partial charge in [0.05, 0.1) is 24.2 Å². The highest BCUT2D eigenvalue weighted by atomic mass is 32.2. The molecule has 3 rings (SSSR count). The zero-order valence-electron chi connectivity index (χ0n) is 12.9. The van der Waals surface area contributed by atoms with E-state index >= 15 is 0 Å². The summed E-state index contributed by atoms with van der Waals surface area (Å²) >= 11 is 1.43. The Morgan fingerprint density at radius 1 is 1.35 bits per heavy atom. The number of amides is 1. The number of anilines is 1. The van der Waals surface area contributed by atoms with Gasteiger partial charge >= 0.3 is 5.97 Å². The van der Waals surface area contributed by atoms with Gasteiger partial charge in [0, 0.05) is 11.3 Å². The van der Waals surface area contributed by atoms with E-state index in [2.05, 4.69) is 5.32 Å².